The number of nitro groups is 1. The summed E-state index contributed by atoms with van der Waals surface area (Å²) < 4.78 is 38.2. The van der Waals surface area contributed by atoms with E-state index in [0.29, 0.717) is 0 Å². The van der Waals surface area contributed by atoms with Crippen molar-refractivity contribution in [2.45, 2.75) is 12.7 Å². The second kappa shape index (κ2) is 6.87. The third kappa shape index (κ3) is 4.22. The highest BCUT2D eigenvalue weighted by atomic mass is 35.5. The molecule has 1 amide bonds. The Kier molecular flexibility index (Phi) is 5.07. The molecule has 11 heteroatoms. The number of amides is 1. The van der Waals surface area contributed by atoms with Crippen LogP contribution in [0.1, 0.15) is 16.1 Å². The first-order valence-electron chi connectivity index (χ1n) is 6.51. The molecular weight excluding hydrogens is 353 g/mol. The minimum absolute atomic E-state index is 0.00559. The van der Waals surface area contributed by atoms with E-state index in [-0.39, 0.29) is 29.4 Å². The van der Waals surface area contributed by atoms with Crippen LogP contribution in [0.15, 0.2) is 30.5 Å². The number of hydrogen-bond donors (Lipinski definition) is 1. The summed E-state index contributed by atoms with van der Waals surface area (Å²) in [5.74, 6) is -0.674. The lowest BCUT2D eigenvalue weighted by atomic mass is 10.2. The van der Waals surface area contributed by atoms with Gasteiger partial charge in [-0.25, -0.2) is 0 Å². The van der Waals surface area contributed by atoms with Gasteiger partial charge in [-0.15, -0.1) is 0 Å². The fourth-order valence-corrected chi connectivity index (χ4v) is 2.02. The fourth-order valence-electron chi connectivity index (χ4n) is 1.82. The first-order chi connectivity index (χ1) is 11.2. The fraction of sp³-hybridized carbons (Fsp3) is 0.231. The summed E-state index contributed by atoms with van der Waals surface area (Å²) in [6.07, 6.45) is -3.40. The Morgan fingerprint density at radius 1 is 1.38 bits per heavy atom. The summed E-state index contributed by atoms with van der Waals surface area (Å²) in [6, 6.07) is 4.21. The molecule has 0 aliphatic heterocycles. The van der Waals surface area contributed by atoms with Crippen LogP contribution in [0.2, 0.25) is 5.02 Å². The van der Waals surface area contributed by atoms with Crippen LogP contribution in [-0.2, 0) is 12.7 Å². The normalized spacial score (nSPS) is 11.3. The number of carbonyl (C=O) groups excluding carboxylic acids is 1. The van der Waals surface area contributed by atoms with Gasteiger partial charge >= 0.3 is 6.18 Å². The van der Waals surface area contributed by atoms with Crippen LogP contribution in [0.25, 0.3) is 0 Å². The molecule has 0 atom stereocenters. The minimum atomic E-state index is -4.54. The summed E-state index contributed by atoms with van der Waals surface area (Å²) in [5.41, 5.74) is -1.43. The quantitative estimate of drug-likeness (QED) is 0.654. The topological polar surface area (TPSA) is 90.1 Å². The van der Waals surface area contributed by atoms with Crippen molar-refractivity contribution in [3.05, 3.63) is 56.9 Å². The molecule has 0 saturated carbocycles. The predicted octanol–water partition coefficient (Wildman–Crippen LogP) is 2.89. The number of nitrogens with zero attached hydrogens (tertiary/aromatic N) is 3. The van der Waals surface area contributed by atoms with Crippen molar-refractivity contribution in [3.8, 4) is 0 Å². The molecular formula is C13H10ClF3N4O3. The number of carbonyl (C=O) groups is 1. The smallest absolute Gasteiger partial charge is 0.350 e. The number of alkyl halides is 3. The molecule has 128 valence electrons. The van der Waals surface area contributed by atoms with Gasteiger partial charge < -0.3 is 5.32 Å². The molecule has 0 radical (unpaired) electrons. The second-order valence-corrected chi connectivity index (χ2v) is 5.05. The zero-order valence-corrected chi connectivity index (χ0v) is 12.6. The van der Waals surface area contributed by atoms with E-state index >= 15 is 0 Å². The molecule has 0 fully saturated rings. The van der Waals surface area contributed by atoms with Crippen molar-refractivity contribution in [1.82, 2.24) is 15.1 Å². The molecule has 0 spiro atoms. The maximum absolute atomic E-state index is 12.4. The SMILES string of the molecule is O=C(NCCn1ccc(C(F)(F)F)n1)c1cc([N+](=O)[O-])ccc1Cl. The van der Waals surface area contributed by atoms with E-state index in [4.69, 9.17) is 11.6 Å². The largest absolute Gasteiger partial charge is 0.435 e. The average Bonchev–Trinajstić information content (AvgIpc) is 2.96. The van der Waals surface area contributed by atoms with E-state index in [2.05, 4.69) is 10.4 Å². The molecule has 1 aromatic heterocycles. The molecule has 1 aromatic carbocycles. The molecule has 1 heterocycles. The van der Waals surface area contributed by atoms with Gasteiger partial charge in [0.2, 0.25) is 0 Å². The number of nitro benzene ring substituents is 1. The number of nitrogens with one attached hydrogen (secondary N) is 1. The van der Waals surface area contributed by atoms with Gasteiger partial charge in [0.15, 0.2) is 5.69 Å². The van der Waals surface area contributed by atoms with Gasteiger partial charge in [-0.3, -0.25) is 19.6 Å². The molecule has 2 rings (SSSR count). The lowest BCUT2D eigenvalue weighted by molar-refractivity contribution is -0.384. The summed E-state index contributed by atoms with van der Waals surface area (Å²) in [6.45, 7) is -0.0365. The highest BCUT2D eigenvalue weighted by Gasteiger charge is 2.33. The van der Waals surface area contributed by atoms with E-state index in [1.54, 1.807) is 0 Å². The molecule has 7 nitrogen and oxygen atoms in total. The Labute approximate surface area is 138 Å². The number of halogens is 4. The zero-order chi connectivity index (χ0) is 17.9. The molecule has 2 aromatic rings. The molecule has 24 heavy (non-hydrogen) atoms. The highest BCUT2D eigenvalue weighted by Crippen LogP contribution is 2.27. The molecule has 0 aliphatic rings. The Hall–Kier alpha value is -2.62. The van der Waals surface area contributed by atoms with Gasteiger partial charge in [0.05, 0.1) is 22.1 Å². The molecule has 0 aliphatic carbocycles. The van der Waals surface area contributed by atoms with E-state index in [9.17, 15) is 28.1 Å². The third-order valence-corrected chi connectivity index (χ3v) is 3.29. The molecule has 0 unspecified atom stereocenters. The number of aromatic nitrogens is 2. The van der Waals surface area contributed by atoms with Gasteiger partial charge in [-0.1, -0.05) is 11.6 Å². The number of rotatable bonds is 5. The molecule has 0 saturated heterocycles. The van der Waals surface area contributed by atoms with Gasteiger partial charge in [0, 0.05) is 24.9 Å². The van der Waals surface area contributed by atoms with Crippen LogP contribution in [0.4, 0.5) is 18.9 Å². The first-order valence-corrected chi connectivity index (χ1v) is 6.89. The van der Waals surface area contributed by atoms with E-state index in [1.165, 1.54) is 6.07 Å². The van der Waals surface area contributed by atoms with E-state index in [1.807, 2.05) is 0 Å². The first kappa shape index (κ1) is 17.7. The van der Waals surface area contributed by atoms with Crippen LogP contribution in [0.3, 0.4) is 0 Å². The van der Waals surface area contributed by atoms with E-state index < -0.39 is 22.7 Å². The van der Waals surface area contributed by atoms with Crippen LogP contribution < -0.4 is 5.32 Å². The minimum Gasteiger partial charge on any atom is -0.350 e. The molecule has 1 N–H and O–H groups in total. The van der Waals surface area contributed by atoms with Crippen molar-refractivity contribution in [2.75, 3.05) is 6.54 Å². The van der Waals surface area contributed by atoms with Gasteiger partial charge in [-0.05, 0) is 12.1 Å². The molecule has 0 bridgehead atoms. The summed E-state index contributed by atoms with van der Waals surface area (Å²) >= 11 is 5.82. The lowest BCUT2D eigenvalue weighted by Gasteiger charge is -2.07. The lowest BCUT2D eigenvalue weighted by Crippen LogP contribution is -2.27. The highest BCUT2D eigenvalue weighted by molar-refractivity contribution is 6.33. The predicted molar refractivity (Wildman–Crippen MR) is 77.7 cm³/mol. The Balaban J connectivity index is 1.97. The maximum Gasteiger partial charge on any atom is 0.435 e. The summed E-state index contributed by atoms with van der Waals surface area (Å²) in [4.78, 5) is 22.0. The maximum atomic E-state index is 12.4. The number of hydrogen-bond acceptors (Lipinski definition) is 4. The number of benzene rings is 1. The monoisotopic (exact) mass is 362 g/mol. The van der Waals surface area contributed by atoms with Crippen molar-refractivity contribution in [1.29, 1.82) is 0 Å². The van der Waals surface area contributed by atoms with Gasteiger partial charge in [0.1, 0.15) is 0 Å². The summed E-state index contributed by atoms with van der Waals surface area (Å²) in [5, 5.41) is 16.5. The van der Waals surface area contributed by atoms with Crippen LogP contribution in [0.5, 0.6) is 0 Å². The average molecular weight is 363 g/mol. The zero-order valence-electron chi connectivity index (χ0n) is 11.9. The van der Waals surface area contributed by atoms with Crippen molar-refractivity contribution < 1.29 is 22.9 Å². The Morgan fingerprint density at radius 2 is 2.08 bits per heavy atom. The second-order valence-electron chi connectivity index (χ2n) is 4.64. The van der Waals surface area contributed by atoms with Crippen molar-refractivity contribution in [2.24, 2.45) is 0 Å². The standard InChI is InChI=1S/C13H10ClF3N4O3/c14-10-2-1-8(21(23)24)7-9(10)12(22)18-4-6-20-5-3-11(19-20)13(15,16)17/h1-3,5,7H,4,6H2,(H,18,22). The number of non-ortho nitro benzene ring substituents is 1. The Morgan fingerprint density at radius 3 is 2.67 bits per heavy atom. The summed E-state index contributed by atoms with van der Waals surface area (Å²) in [7, 11) is 0. The van der Waals surface area contributed by atoms with Gasteiger partial charge in [-0.2, -0.15) is 18.3 Å². The third-order valence-electron chi connectivity index (χ3n) is 2.96. The van der Waals surface area contributed by atoms with Gasteiger partial charge in [0.25, 0.3) is 11.6 Å². The van der Waals surface area contributed by atoms with Crippen LogP contribution >= 0.6 is 11.6 Å². The van der Waals surface area contributed by atoms with Crippen molar-refractivity contribution in [3.63, 3.8) is 0 Å². The van der Waals surface area contributed by atoms with Crippen LogP contribution in [-0.4, -0.2) is 27.2 Å². The Bertz CT molecular complexity index is 776. The van der Waals surface area contributed by atoms with Crippen molar-refractivity contribution >= 4 is 23.2 Å². The van der Waals surface area contributed by atoms with E-state index in [0.717, 1.165) is 29.1 Å². The van der Waals surface area contributed by atoms with Crippen LogP contribution in [0, 0.1) is 10.1 Å².